The molecule has 3 heterocycles. The summed E-state index contributed by atoms with van der Waals surface area (Å²) in [4.78, 5) is 27.2. The van der Waals surface area contributed by atoms with Crippen molar-refractivity contribution in [1.29, 1.82) is 0 Å². The van der Waals surface area contributed by atoms with E-state index in [9.17, 15) is 4.79 Å². The summed E-state index contributed by atoms with van der Waals surface area (Å²) in [5.74, 6) is 2.49. The molecule has 1 aliphatic rings. The minimum atomic E-state index is -0.495. The van der Waals surface area contributed by atoms with Gasteiger partial charge < -0.3 is 24.7 Å². The van der Waals surface area contributed by atoms with Gasteiger partial charge in [-0.15, -0.1) is 0 Å². The molecular weight excluding hydrogens is 466 g/mol. The third-order valence-corrected chi connectivity index (χ3v) is 6.24. The predicted octanol–water partition coefficient (Wildman–Crippen LogP) is 5.70. The number of alkyl carbamates (subject to hydrolysis) is 1. The number of H-pyrrole nitrogens is 1. The number of fused-ring (bicyclic) bond motifs is 1. The molecule has 1 amide bonds. The summed E-state index contributed by atoms with van der Waals surface area (Å²) in [5.41, 5.74) is 3.19. The highest BCUT2D eigenvalue weighted by Gasteiger charge is 2.24. The molecule has 8 nitrogen and oxygen atoms in total. The molecule has 2 aromatic carbocycles. The van der Waals surface area contributed by atoms with E-state index in [0.29, 0.717) is 6.61 Å². The lowest BCUT2D eigenvalue weighted by atomic mass is 10.1. The van der Waals surface area contributed by atoms with Crippen molar-refractivity contribution in [2.75, 3.05) is 18.0 Å². The Balaban J connectivity index is 1.19. The van der Waals surface area contributed by atoms with Crippen molar-refractivity contribution in [3.8, 4) is 17.1 Å². The zero-order valence-electron chi connectivity index (χ0n) is 21.5. The minimum absolute atomic E-state index is 0.105. The molecule has 4 aromatic rings. The molecular formula is C29H33N5O3. The number of imidazole rings is 1. The molecule has 0 aliphatic carbocycles. The number of hydrogen-bond acceptors (Lipinski definition) is 6. The first-order valence-electron chi connectivity index (χ1n) is 12.7. The van der Waals surface area contributed by atoms with Gasteiger partial charge in [0.25, 0.3) is 0 Å². The summed E-state index contributed by atoms with van der Waals surface area (Å²) in [7, 11) is 0. The first-order chi connectivity index (χ1) is 17.8. The molecule has 2 N–H and O–H groups in total. The molecule has 8 heteroatoms. The van der Waals surface area contributed by atoms with Crippen LogP contribution in [-0.2, 0) is 11.3 Å². The molecule has 0 radical (unpaired) electrons. The Morgan fingerprint density at radius 2 is 1.73 bits per heavy atom. The van der Waals surface area contributed by atoms with E-state index in [1.807, 2.05) is 87.5 Å². The second kappa shape index (κ2) is 10.5. The Kier molecular flexibility index (Phi) is 6.99. The Labute approximate surface area is 217 Å². The highest BCUT2D eigenvalue weighted by Crippen LogP contribution is 2.25. The summed E-state index contributed by atoms with van der Waals surface area (Å²) in [5, 5.41) is 2.99. The molecule has 1 fully saturated rings. The van der Waals surface area contributed by atoms with Crippen molar-refractivity contribution in [1.82, 2.24) is 20.3 Å². The molecule has 5 rings (SSSR count). The van der Waals surface area contributed by atoms with Crippen LogP contribution in [0.1, 0.15) is 39.2 Å². The molecule has 1 aliphatic heterocycles. The van der Waals surface area contributed by atoms with Crippen LogP contribution in [0.2, 0.25) is 0 Å². The first-order valence-corrected chi connectivity index (χ1v) is 12.7. The largest absolute Gasteiger partial charge is 0.489 e. The zero-order chi connectivity index (χ0) is 25.8. The lowest BCUT2D eigenvalue weighted by Gasteiger charge is -2.33. The van der Waals surface area contributed by atoms with Crippen molar-refractivity contribution in [2.24, 2.45) is 0 Å². The van der Waals surface area contributed by atoms with Crippen molar-refractivity contribution in [3.63, 3.8) is 0 Å². The number of pyridine rings is 1. The van der Waals surface area contributed by atoms with Gasteiger partial charge in [-0.1, -0.05) is 30.3 Å². The molecule has 1 saturated heterocycles. The molecule has 0 bridgehead atoms. The SMILES string of the molecule is CC(C)(C)OC(=O)NC1CCN(c2ccc3nc(-c4ccc(OCc5ccccc5)cc4)[nH]c3n2)CC1. The first kappa shape index (κ1) is 24.6. The third-order valence-electron chi connectivity index (χ3n) is 6.24. The number of amides is 1. The van der Waals surface area contributed by atoms with Crippen LogP contribution in [0.25, 0.3) is 22.6 Å². The van der Waals surface area contributed by atoms with Crippen LogP contribution in [0.3, 0.4) is 0 Å². The van der Waals surface area contributed by atoms with E-state index >= 15 is 0 Å². The van der Waals surface area contributed by atoms with Crippen molar-refractivity contribution in [3.05, 3.63) is 72.3 Å². The fourth-order valence-corrected chi connectivity index (χ4v) is 4.37. The number of nitrogens with one attached hydrogen (secondary N) is 2. The summed E-state index contributed by atoms with van der Waals surface area (Å²) in [6.45, 7) is 7.76. The highest BCUT2D eigenvalue weighted by atomic mass is 16.6. The fourth-order valence-electron chi connectivity index (χ4n) is 4.37. The van der Waals surface area contributed by atoms with Gasteiger partial charge in [-0.25, -0.2) is 14.8 Å². The lowest BCUT2D eigenvalue weighted by Crippen LogP contribution is -2.46. The second-order valence-corrected chi connectivity index (χ2v) is 10.3. The molecule has 0 unspecified atom stereocenters. The molecule has 37 heavy (non-hydrogen) atoms. The summed E-state index contributed by atoms with van der Waals surface area (Å²) >= 11 is 0. The third kappa shape index (κ3) is 6.39. The number of piperidine rings is 1. The Bertz CT molecular complexity index is 1340. The average molecular weight is 500 g/mol. The normalized spacial score (nSPS) is 14.5. The fraction of sp³-hybridized carbons (Fsp3) is 0.345. The quantitative estimate of drug-likeness (QED) is 0.354. The minimum Gasteiger partial charge on any atom is -0.489 e. The molecule has 192 valence electrons. The Morgan fingerprint density at radius 3 is 2.43 bits per heavy atom. The zero-order valence-corrected chi connectivity index (χ0v) is 21.5. The molecule has 0 atom stereocenters. The van der Waals surface area contributed by atoms with Gasteiger partial charge in [0.2, 0.25) is 0 Å². The van der Waals surface area contributed by atoms with E-state index in [2.05, 4.69) is 15.2 Å². The molecule has 2 aromatic heterocycles. The van der Waals surface area contributed by atoms with Crippen molar-refractivity contribution < 1.29 is 14.3 Å². The number of benzene rings is 2. The lowest BCUT2D eigenvalue weighted by molar-refractivity contribution is 0.0497. The van der Waals surface area contributed by atoms with Crippen LogP contribution in [0.4, 0.5) is 10.6 Å². The van der Waals surface area contributed by atoms with Gasteiger partial charge >= 0.3 is 6.09 Å². The standard InChI is InChI=1S/C29H33N5O3/c1-29(2,3)37-28(35)30-22-15-17-34(18-16-22)25-14-13-24-27(32-25)33-26(31-24)21-9-11-23(12-10-21)36-19-20-7-5-4-6-8-20/h4-14,22H,15-19H2,1-3H3,(H,30,35)(H,31,32,33). The van der Waals surface area contributed by atoms with Crippen LogP contribution in [-0.4, -0.2) is 45.8 Å². The average Bonchev–Trinajstić information content (AvgIpc) is 3.31. The number of carbonyl (C=O) groups excluding carboxylic acids is 1. The van der Waals surface area contributed by atoms with Gasteiger partial charge in [-0.2, -0.15) is 0 Å². The number of rotatable bonds is 6. The van der Waals surface area contributed by atoms with Gasteiger partial charge in [0.15, 0.2) is 5.65 Å². The van der Waals surface area contributed by atoms with Crippen LogP contribution in [0, 0.1) is 0 Å². The summed E-state index contributed by atoms with van der Waals surface area (Å²) in [6.07, 6.45) is 1.32. The van der Waals surface area contributed by atoms with E-state index in [4.69, 9.17) is 19.4 Å². The van der Waals surface area contributed by atoms with Gasteiger partial charge in [0, 0.05) is 24.7 Å². The Morgan fingerprint density at radius 1 is 1.00 bits per heavy atom. The maximum atomic E-state index is 12.1. The van der Waals surface area contributed by atoms with Crippen molar-refractivity contribution >= 4 is 23.1 Å². The van der Waals surface area contributed by atoms with E-state index in [0.717, 1.165) is 65.6 Å². The number of ether oxygens (including phenoxy) is 2. The topological polar surface area (TPSA) is 92.4 Å². The number of aromatic amines is 1. The maximum absolute atomic E-state index is 12.1. The van der Waals surface area contributed by atoms with Gasteiger partial charge in [0.05, 0.1) is 0 Å². The van der Waals surface area contributed by atoms with E-state index < -0.39 is 5.60 Å². The van der Waals surface area contributed by atoms with E-state index in [1.54, 1.807) is 0 Å². The number of aromatic nitrogens is 3. The van der Waals surface area contributed by atoms with E-state index in [-0.39, 0.29) is 12.1 Å². The van der Waals surface area contributed by atoms with Gasteiger partial charge in [0.1, 0.15) is 35.1 Å². The van der Waals surface area contributed by atoms with Crippen LogP contribution >= 0.6 is 0 Å². The number of hydrogen-bond donors (Lipinski definition) is 2. The smallest absolute Gasteiger partial charge is 0.407 e. The van der Waals surface area contributed by atoms with Crippen LogP contribution in [0.15, 0.2) is 66.7 Å². The molecule has 0 spiro atoms. The maximum Gasteiger partial charge on any atom is 0.407 e. The Hall–Kier alpha value is -4.07. The number of carbonyl (C=O) groups is 1. The van der Waals surface area contributed by atoms with Crippen LogP contribution in [0.5, 0.6) is 5.75 Å². The number of nitrogens with zero attached hydrogens (tertiary/aromatic N) is 3. The van der Waals surface area contributed by atoms with Crippen LogP contribution < -0.4 is 15.0 Å². The second-order valence-electron chi connectivity index (χ2n) is 10.3. The summed E-state index contributed by atoms with van der Waals surface area (Å²) in [6, 6.07) is 22.1. The molecule has 0 saturated carbocycles. The monoisotopic (exact) mass is 499 g/mol. The van der Waals surface area contributed by atoms with Crippen molar-refractivity contribution in [2.45, 2.75) is 51.9 Å². The van der Waals surface area contributed by atoms with Gasteiger partial charge in [-0.3, -0.25) is 0 Å². The highest BCUT2D eigenvalue weighted by molar-refractivity contribution is 5.77. The number of anilines is 1. The predicted molar refractivity (Wildman–Crippen MR) is 145 cm³/mol. The summed E-state index contributed by atoms with van der Waals surface area (Å²) < 4.78 is 11.3. The van der Waals surface area contributed by atoms with Gasteiger partial charge in [-0.05, 0) is 75.6 Å². The van der Waals surface area contributed by atoms with E-state index in [1.165, 1.54) is 0 Å².